The first-order valence-corrected chi connectivity index (χ1v) is 11.3. The van der Waals surface area contributed by atoms with Gasteiger partial charge in [-0.2, -0.15) is 0 Å². The first-order valence-electron chi connectivity index (χ1n) is 10.3. The van der Waals surface area contributed by atoms with Crippen molar-refractivity contribution in [1.29, 1.82) is 0 Å². The minimum atomic E-state index is 0.173. The monoisotopic (exact) mass is 342 g/mol. The highest BCUT2D eigenvalue weighted by molar-refractivity contribution is 8.02. The lowest BCUT2D eigenvalue weighted by atomic mass is 10.0. The topological polar surface area (TPSA) is 20.2 Å². The van der Waals surface area contributed by atoms with Crippen LogP contribution in [0, 0.1) is 0 Å². The molecule has 23 heavy (non-hydrogen) atoms. The van der Waals surface area contributed by atoms with Crippen LogP contribution >= 0.6 is 11.8 Å². The first kappa shape index (κ1) is 23.1. The molecule has 0 rings (SSSR count). The molecule has 0 radical (unpaired) electrons. The van der Waals surface area contributed by atoms with Crippen molar-refractivity contribution in [2.45, 2.75) is 110 Å². The van der Waals surface area contributed by atoms with Crippen molar-refractivity contribution in [2.24, 2.45) is 0 Å². The predicted molar refractivity (Wildman–Crippen MR) is 108 cm³/mol. The van der Waals surface area contributed by atoms with E-state index in [-0.39, 0.29) is 6.61 Å². The third-order valence-electron chi connectivity index (χ3n) is 4.41. The molecule has 0 aliphatic heterocycles. The zero-order valence-electron chi connectivity index (χ0n) is 15.7. The van der Waals surface area contributed by atoms with Gasteiger partial charge >= 0.3 is 0 Å². The van der Waals surface area contributed by atoms with E-state index < -0.39 is 0 Å². The van der Waals surface area contributed by atoms with Gasteiger partial charge in [-0.05, 0) is 17.6 Å². The molecule has 0 aliphatic rings. The van der Waals surface area contributed by atoms with Crippen molar-refractivity contribution in [3.63, 3.8) is 0 Å². The van der Waals surface area contributed by atoms with E-state index in [1.54, 1.807) is 0 Å². The Bertz CT molecular complexity index is 228. The van der Waals surface area contributed by atoms with Gasteiger partial charge in [0.25, 0.3) is 0 Å². The largest absolute Gasteiger partial charge is 0.392 e. The Morgan fingerprint density at radius 3 is 1.39 bits per heavy atom. The molecule has 0 unspecified atom stereocenters. The van der Waals surface area contributed by atoms with Crippen LogP contribution in [-0.4, -0.2) is 17.5 Å². The van der Waals surface area contributed by atoms with E-state index in [9.17, 15) is 0 Å². The van der Waals surface area contributed by atoms with Gasteiger partial charge in [0.15, 0.2) is 0 Å². The van der Waals surface area contributed by atoms with E-state index in [1.807, 2.05) is 23.2 Å². The Balaban J connectivity index is 2.96. The van der Waals surface area contributed by atoms with Crippen molar-refractivity contribution >= 4 is 11.8 Å². The molecular weight excluding hydrogens is 300 g/mol. The molecule has 0 aromatic carbocycles. The first-order chi connectivity index (χ1) is 11.4. The number of thioether (sulfide) groups is 1. The molecule has 0 aromatic rings. The fourth-order valence-electron chi connectivity index (χ4n) is 2.91. The average molecular weight is 343 g/mol. The lowest BCUT2D eigenvalue weighted by Gasteiger charge is -2.03. The predicted octanol–water partition coefficient (Wildman–Crippen LogP) is 7.49. The van der Waals surface area contributed by atoms with E-state index >= 15 is 0 Å². The second-order valence-corrected chi connectivity index (χ2v) is 7.74. The summed E-state index contributed by atoms with van der Waals surface area (Å²) in [6.07, 6.45) is 24.7. The minimum absolute atomic E-state index is 0.173. The number of rotatable bonds is 19. The summed E-state index contributed by atoms with van der Waals surface area (Å²) in [7, 11) is 0. The fraction of sp³-hybridized carbons (Fsp3) is 0.905. The van der Waals surface area contributed by atoms with Crippen molar-refractivity contribution in [3.05, 3.63) is 11.5 Å². The van der Waals surface area contributed by atoms with Crippen LogP contribution < -0.4 is 0 Å². The van der Waals surface area contributed by atoms with Gasteiger partial charge in [-0.15, -0.1) is 11.8 Å². The van der Waals surface area contributed by atoms with Gasteiger partial charge < -0.3 is 5.11 Å². The quantitative estimate of drug-likeness (QED) is 0.245. The Kier molecular flexibility index (Phi) is 22.1. The lowest BCUT2D eigenvalue weighted by molar-refractivity contribution is 0.343. The maximum absolute atomic E-state index is 8.61. The molecular formula is C21H42OS. The lowest BCUT2D eigenvalue weighted by Crippen LogP contribution is -1.84. The van der Waals surface area contributed by atoms with E-state index in [4.69, 9.17) is 5.11 Å². The molecule has 2 heteroatoms. The molecule has 0 aromatic heterocycles. The van der Waals surface area contributed by atoms with Crippen LogP contribution in [-0.2, 0) is 0 Å². The highest BCUT2D eigenvalue weighted by Gasteiger charge is 1.94. The normalized spacial score (nSPS) is 11.6. The Hall–Kier alpha value is 0.0500. The maximum Gasteiger partial charge on any atom is 0.0620 e. The van der Waals surface area contributed by atoms with Crippen LogP contribution in [0.5, 0.6) is 0 Å². The molecule has 138 valence electrons. The third kappa shape index (κ3) is 22.1. The summed E-state index contributed by atoms with van der Waals surface area (Å²) in [5.41, 5.74) is 0. The van der Waals surface area contributed by atoms with Gasteiger partial charge in [0.05, 0.1) is 6.61 Å². The van der Waals surface area contributed by atoms with E-state index in [2.05, 4.69) is 6.92 Å². The highest BCUT2D eigenvalue weighted by atomic mass is 32.2. The molecule has 0 bridgehead atoms. The molecule has 0 fully saturated rings. The zero-order chi connectivity index (χ0) is 16.8. The van der Waals surface area contributed by atoms with Crippen LogP contribution in [0.25, 0.3) is 0 Å². The van der Waals surface area contributed by atoms with Gasteiger partial charge in [0.2, 0.25) is 0 Å². The van der Waals surface area contributed by atoms with Gasteiger partial charge in [0, 0.05) is 0 Å². The summed E-state index contributed by atoms with van der Waals surface area (Å²) in [5.74, 6) is 1.20. The second-order valence-electron chi connectivity index (χ2n) is 6.73. The Morgan fingerprint density at radius 1 is 0.609 bits per heavy atom. The molecule has 1 nitrogen and oxygen atoms in total. The number of hydrogen-bond donors (Lipinski definition) is 1. The van der Waals surface area contributed by atoms with Crippen LogP contribution in [0.2, 0.25) is 0 Å². The number of hydrogen-bond acceptors (Lipinski definition) is 2. The molecule has 1 N–H and O–H groups in total. The second kappa shape index (κ2) is 22.1. The SMILES string of the molecule is CCCCCCCCCCCCCCCCCCSC=CCO. The number of unbranched alkanes of at least 4 members (excludes halogenated alkanes) is 15. The Labute approximate surface area is 150 Å². The minimum Gasteiger partial charge on any atom is -0.392 e. The van der Waals surface area contributed by atoms with E-state index in [1.165, 1.54) is 108 Å². The number of aliphatic hydroxyl groups is 1. The molecule has 0 amide bonds. The zero-order valence-corrected chi connectivity index (χ0v) is 16.6. The van der Waals surface area contributed by atoms with Crippen molar-refractivity contribution < 1.29 is 5.11 Å². The summed E-state index contributed by atoms with van der Waals surface area (Å²) >= 11 is 1.82. The van der Waals surface area contributed by atoms with Crippen LogP contribution in [0.4, 0.5) is 0 Å². The van der Waals surface area contributed by atoms with Crippen LogP contribution in [0.1, 0.15) is 110 Å². The maximum atomic E-state index is 8.61. The molecule has 0 saturated carbocycles. The fourth-order valence-corrected chi connectivity index (χ4v) is 3.64. The van der Waals surface area contributed by atoms with E-state index in [0.717, 1.165) is 0 Å². The molecule has 0 atom stereocenters. The van der Waals surface area contributed by atoms with E-state index in [0.29, 0.717) is 0 Å². The van der Waals surface area contributed by atoms with Gasteiger partial charge in [-0.25, -0.2) is 0 Å². The van der Waals surface area contributed by atoms with Gasteiger partial charge in [0.1, 0.15) is 0 Å². The highest BCUT2D eigenvalue weighted by Crippen LogP contribution is 2.14. The smallest absolute Gasteiger partial charge is 0.0620 e. The number of aliphatic hydroxyl groups excluding tert-OH is 1. The Morgan fingerprint density at radius 2 is 1.00 bits per heavy atom. The standard InChI is InChI=1S/C21H42OS/c1-2-3-4-5-6-7-8-9-10-11-12-13-14-15-16-17-20-23-21-18-19-22/h18,21-22H,2-17,19-20H2,1H3. The van der Waals surface area contributed by atoms with Gasteiger partial charge in [-0.1, -0.05) is 109 Å². The van der Waals surface area contributed by atoms with Crippen LogP contribution in [0.15, 0.2) is 11.5 Å². The van der Waals surface area contributed by atoms with Crippen molar-refractivity contribution in [1.82, 2.24) is 0 Å². The summed E-state index contributed by atoms with van der Waals surface area (Å²) in [4.78, 5) is 0. The third-order valence-corrected chi connectivity index (χ3v) is 5.32. The van der Waals surface area contributed by atoms with Gasteiger partial charge in [-0.3, -0.25) is 0 Å². The summed E-state index contributed by atoms with van der Waals surface area (Å²) < 4.78 is 0. The molecule has 0 saturated heterocycles. The van der Waals surface area contributed by atoms with Crippen molar-refractivity contribution in [3.8, 4) is 0 Å². The molecule has 0 spiro atoms. The summed E-state index contributed by atoms with van der Waals surface area (Å²) in [6, 6.07) is 0. The van der Waals surface area contributed by atoms with Crippen LogP contribution in [0.3, 0.4) is 0 Å². The summed E-state index contributed by atoms with van der Waals surface area (Å²) in [6.45, 7) is 2.46. The van der Waals surface area contributed by atoms with Crippen molar-refractivity contribution in [2.75, 3.05) is 12.4 Å². The average Bonchev–Trinajstić information content (AvgIpc) is 2.57. The molecule has 0 aliphatic carbocycles. The molecule has 0 heterocycles. The summed E-state index contributed by atoms with van der Waals surface area (Å²) in [5, 5.41) is 10.6.